The third kappa shape index (κ3) is 3.02. The number of benzene rings is 2. The minimum atomic E-state index is -0.296. The Kier molecular flexibility index (Phi) is 4.22. The van der Waals surface area contributed by atoms with Gasteiger partial charge < -0.3 is 14.2 Å². The molecule has 2 heterocycles. The van der Waals surface area contributed by atoms with E-state index in [1.165, 1.54) is 0 Å². The van der Waals surface area contributed by atoms with Crippen molar-refractivity contribution >= 4 is 5.78 Å². The molecule has 24 heavy (non-hydrogen) atoms. The highest BCUT2D eigenvalue weighted by atomic mass is 16.7. The highest BCUT2D eigenvalue weighted by molar-refractivity contribution is 6.04. The Hall–Kier alpha value is -2.33. The number of hydrogen-bond donors (Lipinski definition) is 0. The van der Waals surface area contributed by atoms with Gasteiger partial charge in [0.05, 0.1) is 18.1 Å². The smallest absolute Gasteiger partial charge is 0.199 e. The zero-order chi connectivity index (χ0) is 16.4. The summed E-state index contributed by atoms with van der Waals surface area (Å²) in [5.74, 6) is 1.21. The summed E-state index contributed by atoms with van der Waals surface area (Å²) in [7, 11) is 0. The molecule has 4 rings (SSSR count). The van der Waals surface area contributed by atoms with Crippen LogP contribution in [0.25, 0.3) is 0 Å². The van der Waals surface area contributed by atoms with E-state index in [1.807, 2.05) is 48.5 Å². The monoisotopic (exact) mass is 324 g/mol. The van der Waals surface area contributed by atoms with Crippen LogP contribution in [0.15, 0.2) is 48.5 Å². The van der Waals surface area contributed by atoms with Gasteiger partial charge in [0.2, 0.25) is 0 Å². The summed E-state index contributed by atoms with van der Waals surface area (Å²) in [6, 6.07) is 15.1. The predicted molar refractivity (Wildman–Crippen MR) is 89.7 cm³/mol. The lowest BCUT2D eigenvalue weighted by Crippen LogP contribution is -2.26. The Bertz CT molecular complexity index is 734. The molecular weight excluding hydrogens is 304 g/mol. The van der Waals surface area contributed by atoms with E-state index in [1.54, 1.807) is 0 Å². The molecule has 2 aliphatic heterocycles. The number of Topliss-reactive ketones (excluding diaryl/α,β-unsaturated/α-hetero) is 1. The number of rotatable bonds is 3. The lowest BCUT2D eigenvalue weighted by Gasteiger charge is -2.26. The molecule has 0 amide bonds. The van der Waals surface area contributed by atoms with Crippen LogP contribution in [-0.4, -0.2) is 25.3 Å². The minimum Gasteiger partial charge on any atom is -0.492 e. The van der Waals surface area contributed by atoms with Crippen molar-refractivity contribution in [2.24, 2.45) is 0 Å². The van der Waals surface area contributed by atoms with Crippen LogP contribution >= 0.6 is 0 Å². The molecule has 0 N–H and O–H groups in total. The van der Waals surface area contributed by atoms with E-state index in [0.29, 0.717) is 17.9 Å². The number of hydrogen-bond acceptors (Lipinski definition) is 4. The van der Waals surface area contributed by atoms with E-state index >= 15 is 0 Å². The molecule has 2 unspecified atom stereocenters. The fourth-order valence-corrected chi connectivity index (χ4v) is 3.24. The van der Waals surface area contributed by atoms with E-state index in [2.05, 4.69) is 0 Å². The second kappa shape index (κ2) is 6.65. The quantitative estimate of drug-likeness (QED) is 0.857. The van der Waals surface area contributed by atoms with Crippen molar-refractivity contribution in [3.8, 4) is 11.5 Å². The molecule has 0 aromatic heterocycles. The summed E-state index contributed by atoms with van der Waals surface area (Å²) in [5.41, 5.74) is 1.57. The molecular formula is C20H20O4. The Morgan fingerprint density at radius 2 is 1.96 bits per heavy atom. The van der Waals surface area contributed by atoms with Crippen LogP contribution in [0.2, 0.25) is 0 Å². The molecule has 124 valence electrons. The lowest BCUT2D eigenvalue weighted by molar-refractivity contribution is -0.105. The van der Waals surface area contributed by atoms with Gasteiger partial charge in [-0.1, -0.05) is 24.3 Å². The first-order chi connectivity index (χ1) is 11.8. The number of ether oxygens (including phenoxy) is 3. The van der Waals surface area contributed by atoms with Crippen LogP contribution in [0.5, 0.6) is 11.5 Å². The van der Waals surface area contributed by atoms with Crippen LogP contribution < -0.4 is 9.47 Å². The third-order valence-corrected chi connectivity index (χ3v) is 4.54. The Balaban J connectivity index is 1.54. The van der Waals surface area contributed by atoms with E-state index < -0.39 is 0 Å². The van der Waals surface area contributed by atoms with Crippen LogP contribution in [0.3, 0.4) is 0 Å². The van der Waals surface area contributed by atoms with Crippen molar-refractivity contribution in [1.82, 2.24) is 0 Å². The number of ketones is 1. The number of carbonyl (C=O) groups is 1. The molecule has 0 aliphatic carbocycles. The minimum absolute atomic E-state index is 0.0999. The topological polar surface area (TPSA) is 44.8 Å². The molecule has 1 fully saturated rings. The van der Waals surface area contributed by atoms with Crippen molar-refractivity contribution in [1.29, 1.82) is 0 Å². The summed E-state index contributed by atoms with van der Waals surface area (Å²) in [4.78, 5) is 12.8. The van der Waals surface area contributed by atoms with Crippen LogP contribution in [-0.2, 0) is 4.74 Å². The summed E-state index contributed by atoms with van der Waals surface area (Å²) in [6.45, 7) is 1.11. The first-order valence-corrected chi connectivity index (χ1v) is 8.45. The van der Waals surface area contributed by atoms with Crippen molar-refractivity contribution in [3.63, 3.8) is 0 Å². The van der Waals surface area contributed by atoms with Gasteiger partial charge in [0, 0.05) is 6.42 Å². The normalized spacial score (nSPS) is 23.2. The first kappa shape index (κ1) is 15.2. The largest absolute Gasteiger partial charge is 0.492 e. The maximum Gasteiger partial charge on any atom is 0.199 e. The summed E-state index contributed by atoms with van der Waals surface area (Å²) in [5, 5.41) is 0. The van der Waals surface area contributed by atoms with Crippen LogP contribution in [0.4, 0.5) is 0 Å². The van der Waals surface area contributed by atoms with Crippen molar-refractivity contribution in [3.05, 3.63) is 59.7 Å². The SMILES string of the molecule is O=C1c2ccccc2OCC1c1cccc(OC2CCCCO2)c1. The van der Waals surface area contributed by atoms with Gasteiger partial charge in [-0.2, -0.15) is 0 Å². The van der Waals surface area contributed by atoms with Gasteiger partial charge in [0.25, 0.3) is 0 Å². The zero-order valence-electron chi connectivity index (χ0n) is 13.4. The van der Waals surface area contributed by atoms with Crippen LogP contribution in [0.1, 0.15) is 41.1 Å². The predicted octanol–water partition coefficient (Wildman–Crippen LogP) is 3.95. The lowest BCUT2D eigenvalue weighted by atomic mass is 9.89. The highest BCUT2D eigenvalue weighted by Crippen LogP contribution is 2.33. The Labute approximate surface area is 141 Å². The molecule has 2 atom stereocenters. The molecule has 0 saturated carbocycles. The molecule has 1 saturated heterocycles. The zero-order valence-corrected chi connectivity index (χ0v) is 13.4. The molecule has 4 heteroatoms. The Morgan fingerprint density at radius 3 is 2.83 bits per heavy atom. The highest BCUT2D eigenvalue weighted by Gasteiger charge is 2.30. The van der Waals surface area contributed by atoms with Gasteiger partial charge in [-0.15, -0.1) is 0 Å². The fraction of sp³-hybridized carbons (Fsp3) is 0.350. The van der Waals surface area contributed by atoms with Crippen molar-refractivity contribution < 1.29 is 19.0 Å². The summed E-state index contributed by atoms with van der Waals surface area (Å²) in [6.07, 6.45) is 2.93. The van der Waals surface area contributed by atoms with E-state index in [-0.39, 0.29) is 18.0 Å². The third-order valence-electron chi connectivity index (χ3n) is 4.54. The summed E-state index contributed by atoms with van der Waals surface area (Å²) < 4.78 is 17.3. The molecule has 2 aliphatic rings. The number of carbonyl (C=O) groups excluding carboxylic acids is 1. The second-order valence-electron chi connectivity index (χ2n) is 6.21. The van der Waals surface area contributed by atoms with E-state index in [0.717, 1.165) is 37.2 Å². The fourth-order valence-electron chi connectivity index (χ4n) is 3.24. The average molecular weight is 324 g/mol. The van der Waals surface area contributed by atoms with Gasteiger partial charge in [0.1, 0.15) is 18.1 Å². The first-order valence-electron chi connectivity index (χ1n) is 8.45. The Morgan fingerprint density at radius 1 is 1.04 bits per heavy atom. The van der Waals surface area contributed by atoms with Gasteiger partial charge in [-0.3, -0.25) is 4.79 Å². The molecule has 0 spiro atoms. The average Bonchev–Trinajstić information content (AvgIpc) is 2.63. The molecule has 2 aromatic carbocycles. The van der Waals surface area contributed by atoms with Crippen molar-refractivity contribution in [2.75, 3.05) is 13.2 Å². The maximum absolute atomic E-state index is 12.8. The second-order valence-corrected chi connectivity index (χ2v) is 6.21. The van der Waals surface area contributed by atoms with Gasteiger partial charge in [0.15, 0.2) is 12.1 Å². The maximum atomic E-state index is 12.8. The van der Waals surface area contributed by atoms with Gasteiger partial charge in [-0.05, 0) is 42.7 Å². The molecule has 0 bridgehead atoms. The van der Waals surface area contributed by atoms with Gasteiger partial charge in [-0.25, -0.2) is 0 Å². The molecule has 2 aromatic rings. The number of fused-ring (bicyclic) bond motifs is 1. The molecule has 0 radical (unpaired) electrons. The number of para-hydroxylation sites is 1. The standard InChI is InChI=1S/C20H20O4/c21-20-16-8-1-2-9-18(16)23-13-17(20)14-6-5-7-15(12-14)24-19-10-3-4-11-22-19/h1-2,5-9,12,17,19H,3-4,10-11,13H2. The van der Waals surface area contributed by atoms with Crippen LogP contribution in [0, 0.1) is 0 Å². The van der Waals surface area contributed by atoms with E-state index in [9.17, 15) is 4.79 Å². The summed E-state index contributed by atoms with van der Waals surface area (Å²) >= 11 is 0. The molecule has 4 nitrogen and oxygen atoms in total. The van der Waals surface area contributed by atoms with E-state index in [4.69, 9.17) is 14.2 Å². The van der Waals surface area contributed by atoms with Crippen molar-refractivity contribution in [2.45, 2.75) is 31.5 Å². The van der Waals surface area contributed by atoms with Gasteiger partial charge >= 0.3 is 0 Å².